The summed E-state index contributed by atoms with van der Waals surface area (Å²) in [6.07, 6.45) is 4.81. The van der Waals surface area contributed by atoms with Crippen LogP contribution in [0.4, 0.5) is 5.82 Å². The molecule has 31 heavy (non-hydrogen) atoms. The zero-order valence-corrected chi connectivity index (χ0v) is 18.5. The number of rotatable bonds is 9. The van der Waals surface area contributed by atoms with Crippen LogP contribution in [-0.4, -0.2) is 52.9 Å². The lowest BCUT2D eigenvalue weighted by atomic mass is 10.1. The van der Waals surface area contributed by atoms with Crippen molar-refractivity contribution in [3.05, 3.63) is 52.7 Å². The number of benzene rings is 1. The van der Waals surface area contributed by atoms with Crippen molar-refractivity contribution in [1.29, 1.82) is 0 Å². The van der Waals surface area contributed by atoms with E-state index in [9.17, 15) is 9.59 Å². The number of likely N-dealkylation sites (tertiary alicyclic amines) is 1. The second-order valence-electron chi connectivity index (χ2n) is 7.71. The standard InChI is InChI=1S/C23H27N5O2S/c1-16-19-21(24-11-6-14-28-13-5-9-18(28)29)26-15-27-23(19)31-20(16)22(30)25-12-10-17-7-3-2-4-8-17/h2-4,7-8,15H,5-6,9-14H2,1H3,(H,25,30)(H,24,26,27). The van der Waals surface area contributed by atoms with Gasteiger partial charge in [-0.2, -0.15) is 0 Å². The smallest absolute Gasteiger partial charge is 0.261 e. The fourth-order valence-corrected chi connectivity index (χ4v) is 4.95. The first-order chi connectivity index (χ1) is 15.1. The summed E-state index contributed by atoms with van der Waals surface area (Å²) in [5.74, 6) is 0.922. The van der Waals surface area contributed by atoms with Crippen LogP contribution in [0.3, 0.4) is 0 Å². The Labute approximate surface area is 185 Å². The van der Waals surface area contributed by atoms with Crippen LogP contribution in [0.15, 0.2) is 36.7 Å². The number of nitrogens with one attached hydrogen (secondary N) is 2. The van der Waals surface area contributed by atoms with Crippen LogP contribution in [0.25, 0.3) is 10.2 Å². The van der Waals surface area contributed by atoms with Crippen molar-refractivity contribution in [2.75, 3.05) is 31.5 Å². The molecule has 7 nitrogen and oxygen atoms in total. The molecule has 0 saturated carbocycles. The summed E-state index contributed by atoms with van der Waals surface area (Å²) < 4.78 is 0. The van der Waals surface area contributed by atoms with Gasteiger partial charge in [0.2, 0.25) is 5.91 Å². The molecule has 2 aromatic heterocycles. The van der Waals surface area contributed by atoms with Gasteiger partial charge in [0.25, 0.3) is 5.91 Å². The molecule has 1 aliphatic rings. The second kappa shape index (κ2) is 9.87. The van der Waals surface area contributed by atoms with Crippen molar-refractivity contribution < 1.29 is 9.59 Å². The van der Waals surface area contributed by atoms with Crippen LogP contribution >= 0.6 is 11.3 Å². The average Bonchev–Trinajstić information content (AvgIpc) is 3.35. The molecule has 1 aliphatic heterocycles. The molecule has 0 spiro atoms. The molecule has 1 aromatic carbocycles. The molecule has 2 N–H and O–H groups in total. The minimum absolute atomic E-state index is 0.0741. The van der Waals surface area contributed by atoms with E-state index in [2.05, 4.69) is 32.7 Å². The lowest BCUT2D eigenvalue weighted by Gasteiger charge is -2.15. The number of aryl methyl sites for hydroxylation is 1. The van der Waals surface area contributed by atoms with Crippen molar-refractivity contribution in [2.45, 2.75) is 32.6 Å². The van der Waals surface area contributed by atoms with Gasteiger partial charge in [-0.1, -0.05) is 30.3 Å². The first kappa shape index (κ1) is 21.2. The molecular weight excluding hydrogens is 410 g/mol. The summed E-state index contributed by atoms with van der Waals surface area (Å²) in [5.41, 5.74) is 2.10. The third-order valence-corrected chi connectivity index (χ3v) is 6.74. The van der Waals surface area contributed by atoms with Crippen molar-refractivity contribution >= 4 is 39.2 Å². The molecule has 8 heteroatoms. The predicted molar refractivity (Wildman–Crippen MR) is 124 cm³/mol. The molecule has 0 radical (unpaired) electrons. The molecule has 4 rings (SSSR count). The minimum Gasteiger partial charge on any atom is -0.369 e. The second-order valence-corrected chi connectivity index (χ2v) is 8.71. The molecular formula is C23H27N5O2S. The van der Waals surface area contributed by atoms with Crippen molar-refractivity contribution in [1.82, 2.24) is 20.2 Å². The van der Waals surface area contributed by atoms with E-state index in [0.717, 1.165) is 53.9 Å². The quantitative estimate of drug-likeness (QED) is 0.501. The van der Waals surface area contributed by atoms with E-state index in [1.54, 1.807) is 0 Å². The van der Waals surface area contributed by atoms with Gasteiger partial charge in [-0.05, 0) is 37.3 Å². The molecule has 3 heterocycles. The predicted octanol–water partition coefficient (Wildman–Crippen LogP) is 3.40. The van der Waals surface area contributed by atoms with Gasteiger partial charge >= 0.3 is 0 Å². The number of fused-ring (bicyclic) bond motifs is 1. The minimum atomic E-state index is -0.0741. The van der Waals surface area contributed by atoms with Crippen LogP contribution in [0.1, 0.15) is 40.1 Å². The highest BCUT2D eigenvalue weighted by molar-refractivity contribution is 7.20. The fraction of sp³-hybridized carbons (Fsp3) is 0.391. The maximum Gasteiger partial charge on any atom is 0.261 e. The van der Waals surface area contributed by atoms with Crippen LogP contribution < -0.4 is 10.6 Å². The normalized spacial score (nSPS) is 13.7. The number of nitrogens with zero attached hydrogens (tertiary/aromatic N) is 3. The third kappa shape index (κ3) is 5.02. The van der Waals surface area contributed by atoms with Crippen LogP contribution in [0.2, 0.25) is 0 Å². The monoisotopic (exact) mass is 437 g/mol. The lowest BCUT2D eigenvalue weighted by Crippen LogP contribution is -2.27. The number of carbonyl (C=O) groups is 2. The van der Waals surface area contributed by atoms with Crippen molar-refractivity contribution in [3.63, 3.8) is 0 Å². The van der Waals surface area contributed by atoms with Gasteiger partial charge in [0, 0.05) is 32.6 Å². The van der Waals surface area contributed by atoms with E-state index in [-0.39, 0.29) is 11.8 Å². The first-order valence-electron chi connectivity index (χ1n) is 10.7. The molecule has 162 valence electrons. The van der Waals surface area contributed by atoms with Gasteiger partial charge in [0.1, 0.15) is 17.0 Å². The highest BCUT2D eigenvalue weighted by Crippen LogP contribution is 2.33. The van der Waals surface area contributed by atoms with Crippen molar-refractivity contribution in [3.8, 4) is 0 Å². The van der Waals surface area contributed by atoms with Gasteiger partial charge in [-0.3, -0.25) is 9.59 Å². The Kier molecular flexibility index (Phi) is 6.76. The summed E-state index contributed by atoms with van der Waals surface area (Å²) in [6, 6.07) is 10.1. The summed E-state index contributed by atoms with van der Waals surface area (Å²) in [7, 11) is 0. The van der Waals surface area contributed by atoms with E-state index in [1.165, 1.54) is 23.2 Å². The summed E-state index contributed by atoms with van der Waals surface area (Å²) in [6.45, 7) is 4.87. The van der Waals surface area contributed by atoms with Crippen LogP contribution in [0, 0.1) is 6.92 Å². The zero-order valence-electron chi connectivity index (χ0n) is 17.7. The van der Waals surface area contributed by atoms with E-state index in [0.29, 0.717) is 24.4 Å². The number of amides is 2. The van der Waals surface area contributed by atoms with E-state index >= 15 is 0 Å². The number of aromatic nitrogens is 2. The average molecular weight is 438 g/mol. The molecule has 2 amide bonds. The highest BCUT2D eigenvalue weighted by Gasteiger charge is 2.20. The Bertz CT molecular complexity index is 1070. The maximum absolute atomic E-state index is 12.8. The van der Waals surface area contributed by atoms with Gasteiger partial charge < -0.3 is 15.5 Å². The molecule has 0 bridgehead atoms. The van der Waals surface area contributed by atoms with Gasteiger partial charge in [0.05, 0.1) is 10.3 Å². The molecule has 3 aromatic rings. The van der Waals surface area contributed by atoms with E-state index in [1.807, 2.05) is 30.0 Å². The van der Waals surface area contributed by atoms with E-state index < -0.39 is 0 Å². The summed E-state index contributed by atoms with van der Waals surface area (Å²) in [5, 5.41) is 7.29. The Morgan fingerprint density at radius 3 is 2.81 bits per heavy atom. The molecule has 0 unspecified atom stereocenters. The molecule has 1 fully saturated rings. The molecule has 0 atom stereocenters. The largest absolute Gasteiger partial charge is 0.369 e. The van der Waals surface area contributed by atoms with Crippen LogP contribution in [-0.2, 0) is 11.2 Å². The summed E-state index contributed by atoms with van der Waals surface area (Å²) in [4.78, 5) is 36.7. The number of hydrogen-bond acceptors (Lipinski definition) is 6. The van der Waals surface area contributed by atoms with Crippen LogP contribution in [0.5, 0.6) is 0 Å². The van der Waals surface area contributed by atoms with Gasteiger partial charge in [-0.25, -0.2) is 9.97 Å². The van der Waals surface area contributed by atoms with Gasteiger partial charge in [-0.15, -0.1) is 11.3 Å². The Morgan fingerprint density at radius 2 is 2.03 bits per heavy atom. The first-order valence-corrected chi connectivity index (χ1v) is 11.5. The number of thiophene rings is 1. The van der Waals surface area contributed by atoms with Gasteiger partial charge in [0.15, 0.2) is 0 Å². The Balaban J connectivity index is 1.37. The lowest BCUT2D eigenvalue weighted by molar-refractivity contribution is -0.127. The van der Waals surface area contributed by atoms with Crippen molar-refractivity contribution in [2.24, 2.45) is 0 Å². The summed E-state index contributed by atoms with van der Waals surface area (Å²) >= 11 is 1.40. The molecule has 0 aliphatic carbocycles. The maximum atomic E-state index is 12.8. The molecule has 1 saturated heterocycles. The Hall–Kier alpha value is -3.00. The fourth-order valence-electron chi connectivity index (χ4n) is 3.88. The number of anilines is 1. The Morgan fingerprint density at radius 1 is 1.19 bits per heavy atom. The number of carbonyl (C=O) groups excluding carboxylic acids is 2. The topological polar surface area (TPSA) is 87.2 Å². The SMILES string of the molecule is Cc1c(C(=O)NCCc2ccccc2)sc2ncnc(NCCCN3CCCC3=O)c12. The third-order valence-electron chi connectivity index (χ3n) is 5.54. The zero-order chi connectivity index (χ0) is 21.6. The van der Waals surface area contributed by atoms with E-state index in [4.69, 9.17) is 0 Å². The highest BCUT2D eigenvalue weighted by atomic mass is 32.1. The number of hydrogen-bond donors (Lipinski definition) is 2.